The van der Waals surface area contributed by atoms with Gasteiger partial charge >= 0.3 is 6.18 Å². The van der Waals surface area contributed by atoms with Gasteiger partial charge in [-0.2, -0.15) is 18.3 Å². The van der Waals surface area contributed by atoms with Crippen molar-refractivity contribution < 1.29 is 26.9 Å². The van der Waals surface area contributed by atoms with E-state index in [4.69, 9.17) is 10.3 Å². The summed E-state index contributed by atoms with van der Waals surface area (Å²) < 4.78 is 61.2. The number of benzene rings is 1. The van der Waals surface area contributed by atoms with Crippen molar-refractivity contribution in [2.24, 2.45) is 5.73 Å². The number of halogens is 4. The second-order valence-electron chi connectivity index (χ2n) is 10.4. The first kappa shape index (κ1) is 25.9. The molecule has 14 heteroatoms. The lowest BCUT2D eigenvalue weighted by molar-refractivity contribution is -0.165. The van der Waals surface area contributed by atoms with E-state index >= 15 is 0 Å². The van der Waals surface area contributed by atoms with Gasteiger partial charge < -0.3 is 20.9 Å². The Morgan fingerprint density at radius 3 is 2.48 bits per heavy atom. The fourth-order valence-electron chi connectivity index (χ4n) is 4.41. The van der Waals surface area contributed by atoms with Gasteiger partial charge in [-0.3, -0.25) is 9.48 Å². The Morgan fingerprint density at radius 1 is 1.07 bits per heavy atom. The minimum atomic E-state index is -4.46. The van der Waals surface area contributed by atoms with Gasteiger partial charge in [0.2, 0.25) is 11.9 Å². The van der Waals surface area contributed by atoms with E-state index in [9.17, 15) is 22.4 Å². The fourth-order valence-corrected chi connectivity index (χ4v) is 4.41. The highest BCUT2D eigenvalue weighted by Crippen LogP contribution is 2.59. The molecule has 40 heavy (non-hydrogen) atoms. The molecule has 2 aliphatic carbocycles. The van der Waals surface area contributed by atoms with Gasteiger partial charge in [0.05, 0.1) is 24.8 Å². The van der Waals surface area contributed by atoms with E-state index in [-0.39, 0.29) is 41.9 Å². The quantitative estimate of drug-likeness (QED) is 0.257. The van der Waals surface area contributed by atoms with Gasteiger partial charge in [-0.05, 0) is 42.9 Å². The molecule has 0 spiro atoms. The van der Waals surface area contributed by atoms with Crippen LogP contribution >= 0.6 is 0 Å². The second kappa shape index (κ2) is 9.40. The first-order valence-electron chi connectivity index (χ1n) is 12.6. The Morgan fingerprint density at radius 2 is 1.82 bits per heavy atom. The van der Waals surface area contributed by atoms with Crippen LogP contribution in [-0.2, 0) is 23.2 Å². The Balaban J connectivity index is 1.06. The lowest BCUT2D eigenvalue weighted by Crippen LogP contribution is -2.28. The third-order valence-corrected chi connectivity index (χ3v) is 7.19. The molecule has 1 aromatic carbocycles. The number of nitrogens with two attached hydrogens (primary N) is 1. The number of nitrogens with one attached hydrogen (secondary N) is 2. The number of carbonyl (C=O) groups is 1. The zero-order valence-electron chi connectivity index (χ0n) is 21.0. The summed E-state index contributed by atoms with van der Waals surface area (Å²) in [6.45, 7) is 0.640. The molecule has 6 rings (SSSR count). The third kappa shape index (κ3) is 5.26. The van der Waals surface area contributed by atoms with Crippen molar-refractivity contribution in [2.45, 2.75) is 55.8 Å². The topological polar surface area (TPSA) is 137 Å². The van der Waals surface area contributed by atoms with Crippen molar-refractivity contribution in [1.82, 2.24) is 24.9 Å². The number of hydrogen-bond donors (Lipinski definition) is 3. The zero-order valence-corrected chi connectivity index (χ0v) is 21.0. The zero-order chi connectivity index (χ0) is 28.1. The minimum absolute atomic E-state index is 0.0949. The van der Waals surface area contributed by atoms with Crippen molar-refractivity contribution in [3.63, 3.8) is 0 Å². The lowest BCUT2D eigenvalue weighted by Gasteiger charge is -2.14. The van der Waals surface area contributed by atoms with E-state index in [1.807, 2.05) is 6.20 Å². The van der Waals surface area contributed by atoms with E-state index < -0.39 is 23.3 Å². The van der Waals surface area contributed by atoms with Gasteiger partial charge in [0.1, 0.15) is 11.2 Å². The number of aromatic nitrogens is 5. The summed E-state index contributed by atoms with van der Waals surface area (Å²) in [4.78, 5) is 21.0. The van der Waals surface area contributed by atoms with E-state index in [1.54, 1.807) is 16.9 Å². The van der Waals surface area contributed by atoms with Crippen LogP contribution in [0.3, 0.4) is 0 Å². The van der Waals surface area contributed by atoms with Crippen LogP contribution in [0.25, 0.3) is 11.1 Å². The molecule has 3 heterocycles. The molecule has 0 saturated heterocycles. The molecule has 0 unspecified atom stereocenters. The first-order valence-corrected chi connectivity index (χ1v) is 12.6. The summed E-state index contributed by atoms with van der Waals surface area (Å²) in [5.41, 5.74) is 5.78. The molecule has 0 bridgehead atoms. The van der Waals surface area contributed by atoms with E-state index in [0.717, 1.165) is 18.9 Å². The molecule has 10 nitrogen and oxygen atoms in total. The molecule has 2 saturated carbocycles. The van der Waals surface area contributed by atoms with Crippen molar-refractivity contribution in [2.75, 3.05) is 10.6 Å². The standard InChI is InChI=1S/C26H24F4N8O2/c27-19-7-15(17-10-32-23(33-11-17)35-18-12-34-38(13-18)14-24(31)3-4-24)1-2-16(19)8-22(39)36-21-9-20(40-37-21)25(5-6-25)26(28,29)30/h1-2,7,9-13H,3-6,8,14,31H2,(H,32,33,35)(H,36,37,39). The van der Waals surface area contributed by atoms with Gasteiger partial charge in [0.25, 0.3) is 0 Å². The SMILES string of the molecule is NC1(Cn2cc(Nc3ncc(-c4ccc(CC(=O)Nc5cc(C6(C(F)(F)F)CC6)on5)c(F)c4)cn3)cn2)CC1. The lowest BCUT2D eigenvalue weighted by atomic mass is 10.0. The molecule has 4 aromatic rings. The number of alkyl halides is 3. The van der Waals surface area contributed by atoms with E-state index in [1.165, 1.54) is 24.5 Å². The van der Waals surface area contributed by atoms with Crippen LogP contribution < -0.4 is 16.4 Å². The normalized spacial score (nSPS) is 16.9. The van der Waals surface area contributed by atoms with Crippen LogP contribution in [-0.4, -0.2) is 42.5 Å². The molecular weight excluding hydrogens is 532 g/mol. The van der Waals surface area contributed by atoms with Crippen LogP contribution in [0.2, 0.25) is 0 Å². The fraction of sp³-hybridized carbons (Fsp3) is 0.346. The Labute approximate surface area is 225 Å². The molecule has 1 amide bonds. The molecular formula is C26H24F4N8O2. The molecule has 3 aromatic heterocycles. The van der Waals surface area contributed by atoms with Crippen molar-refractivity contribution in [1.29, 1.82) is 0 Å². The van der Waals surface area contributed by atoms with Gasteiger partial charge in [-0.25, -0.2) is 14.4 Å². The maximum absolute atomic E-state index is 14.8. The molecule has 0 radical (unpaired) electrons. The Hall–Kier alpha value is -4.33. The molecule has 0 aliphatic heterocycles. The molecule has 4 N–H and O–H groups in total. The highest BCUT2D eigenvalue weighted by molar-refractivity contribution is 5.91. The summed E-state index contributed by atoms with van der Waals surface area (Å²) in [5.74, 6) is -1.45. The predicted octanol–water partition coefficient (Wildman–Crippen LogP) is 4.48. The van der Waals surface area contributed by atoms with Crippen molar-refractivity contribution in [3.8, 4) is 11.1 Å². The van der Waals surface area contributed by atoms with Crippen LogP contribution in [0.15, 0.2) is 53.6 Å². The van der Waals surface area contributed by atoms with Crippen molar-refractivity contribution in [3.05, 3.63) is 66.2 Å². The molecule has 208 valence electrons. The largest absolute Gasteiger partial charge is 0.401 e. The van der Waals surface area contributed by atoms with Crippen LogP contribution in [0, 0.1) is 5.82 Å². The van der Waals surface area contributed by atoms with Gasteiger partial charge in [-0.15, -0.1) is 0 Å². The molecule has 2 fully saturated rings. The predicted molar refractivity (Wildman–Crippen MR) is 135 cm³/mol. The van der Waals surface area contributed by atoms with Gasteiger partial charge in [-0.1, -0.05) is 17.3 Å². The first-order chi connectivity index (χ1) is 19.0. The van der Waals surface area contributed by atoms with Crippen molar-refractivity contribution >= 4 is 23.4 Å². The minimum Gasteiger partial charge on any atom is -0.358 e. The Bertz CT molecular complexity index is 1560. The summed E-state index contributed by atoms with van der Waals surface area (Å²) in [6, 6.07) is 5.39. The monoisotopic (exact) mass is 556 g/mol. The number of anilines is 3. The number of rotatable bonds is 9. The average molecular weight is 557 g/mol. The van der Waals surface area contributed by atoms with Crippen LogP contribution in [0.5, 0.6) is 0 Å². The molecule has 2 aliphatic rings. The maximum Gasteiger partial charge on any atom is 0.401 e. The van der Waals surface area contributed by atoms with Crippen LogP contribution in [0.1, 0.15) is 37.0 Å². The third-order valence-electron chi connectivity index (χ3n) is 7.19. The smallest absolute Gasteiger partial charge is 0.358 e. The summed E-state index contributed by atoms with van der Waals surface area (Å²) >= 11 is 0. The van der Waals surface area contributed by atoms with Gasteiger partial charge in [0.15, 0.2) is 11.6 Å². The van der Waals surface area contributed by atoms with Gasteiger partial charge in [0, 0.05) is 35.8 Å². The Kier molecular flexibility index (Phi) is 6.09. The highest BCUT2D eigenvalue weighted by Gasteiger charge is 2.66. The highest BCUT2D eigenvalue weighted by atomic mass is 19.4. The second-order valence-corrected chi connectivity index (χ2v) is 10.4. The van der Waals surface area contributed by atoms with E-state index in [2.05, 4.69) is 30.9 Å². The number of amides is 1. The summed E-state index contributed by atoms with van der Waals surface area (Å²) in [7, 11) is 0. The summed E-state index contributed by atoms with van der Waals surface area (Å²) in [5, 5.41) is 13.2. The van der Waals surface area contributed by atoms with E-state index in [0.29, 0.717) is 29.3 Å². The number of nitrogens with zero attached hydrogens (tertiary/aromatic N) is 5. The number of hydrogen-bond acceptors (Lipinski definition) is 8. The maximum atomic E-state index is 14.8. The number of carbonyl (C=O) groups excluding carboxylic acids is 1. The van der Waals surface area contributed by atoms with Crippen LogP contribution in [0.4, 0.5) is 35.0 Å². The summed E-state index contributed by atoms with van der Waals surface area (Å²) in [6.07, 6.45) is 3.51. The molecule has 0 atom stereocenters. The average Bonchev–Trinajstić information content (AvgIpc) is 3.76.